The van der Waals surface area contributed by atoms with Gasteiger partial charge in [-0.3, -0.25) is 4.79 Å². The first-order valence-electron chi connectivity index (χ1n) is 4.89. The predicted octanol–water partition coefficient (Wildman–Crippen LogP) is 2.85. The standard InChI is InChI=1S/C10H20BrNO/c1-5-7-10(3,4)12-9(13)8(11)6-2/h8H,5-7H2,1-4H3,(H,12,13). The first-order valence-corrected chi connectivity index (χ1v) is 5.80. The fourth-order valence-electron chi connectivity index (χ4n) is 1.28. The maximum Gasteiger partial charge on any atom is 0.234 e. The molecule has 0 saturated carbocycles. The Morgan fingerprint density at radius 2 is 2.00 bits per heavy atom. The average molecular weight is 250 g/mol. The van der Waals surface area contributed by atoms with Crippen molar-refractivity contribution in [1.29, 1.82) is 0 Å². The predicted molar refractivity (Wildman–Crippen MR) is 60.1 cm³/mol. The molecular formula is C10H20BrNO. The Balaban J connectivity index is 4.03. The van der Waals surface area contributed by atoms with Crippen LogP contribution in [0.1, 0.15) is 47.0 Å². The van der Waals surface area contributed by atoms with Gasteiger partial charge >= 0.3 is 0 Å². The Morgan fingerprint density at radius 3 is 2.38 bits per heavy atom. The van der Waals surface area contributed by atoms with E-state index < -0.39 is 0 Å². The summed E-state index contributed by atoms with van der Waals surface area (Å²) in [5.41, 5.74) is -0.0764. The van der Waals surface area contributed by atoms with E-state index in [9.17, 15) is 4.79 Å². The number of hydrogen-bond donors (Lipinski definition) is 1. The van der Waals surface area contributed by atoms with E-state index in [1.54, 1.807) is 0 Å². The van der Waals surface area contributed by atoms with Gasteiger partial charge in [0.25, 0.3) is 0 Å². The van der Waals surface area contributed by atoms with Gasteiger partial charge in [0.1, 0.15) is 0 Å². The third kappa shape index (κ3) is 5.29. The van der Waals surface area contributed by atoms with E-state index >= 15 is 0 Å². The highest BCUT2D eigenvalue weighted by Gasteiger charge is 2.22. The normalized spacial score (nSPS) is 13.9. The second-order valence-corrected chi connectivity index (χ2v) is 5.10. The lowest BCUT2D eigenvalue weighted by Gasteiger charge is -2.26. The van der Waals surface area contributed by atoms with Crippen molar-refractivity contribution in [3.8, 4) is 0 Å². The average Bonchev–Trinajstić information content (AvgIpc) is 2.01. The summed E-state index contributed by atoms with van der Waals surface area (Å²) in [5.74, 6) is 0.0981. The van der Waals surface area contributed by atoms with Gasteiger partial charge in [0.2, 0.25) is 5.91 Å². The third-order valence-electron chi connectivity index (χ3n) is 1.98. The Hall–Kier alpha value is -0.0500. The van der Waals surface area contributed by atoms with Gasteiger partial charge < -0.3 is 5.32 Å². The van der Waals surface area contributed by atoms with Gasteiger partial charge in [0.05, 0.1) is 4.83 Å². The number of carbonyl (C=O) groups is 1. The summed E-state index contributed by atoms with van der Waals surface area (Å²) in [5, 5.41) is 3.02. The molecule has 1 amide bonds. The van der Waals surface area contributed by atoms with E-state index in [0.29, 0.717) is 0 Å². The van der Waals surface area contributed by atoms with Gasteiger partial charge in [-0.25, -0.2) is 0 Å². The minimum atomic E-state index is -0.0764. The zero-order chi connectivity index (χ0) is 10.5. The van der Waals surface area contributed by atoms with E-state index in [1.807, 2.05) is 6.92 Å². The molecule has 0 bridgehead atoms. The molecule has 1 unspecified atom stereocenters. The number of amides is 1. The van der Waals surface area contributed by atoms with Crippen LogP contribution in [0.4, 0.5) is 0 Å². The van der Waals surface area contributed by atoms with Crippen molar-refractivity contribution in [3.63, 3.8) is 0 Å². The molecule has 0 aromatic rings. The van der Waals surface area contributed by atoms with E-state index in [1.165, 1.54) is 0 Å². The molecule has 78 valence electrons. The number of rotatable bonds is 5. The molecule has 0 spiro atoms. The molecule has 1 atom stereocenters. The molecule has 0 heterocycles. The quantitative estimate of drug-likeness (QED) is 0.747. The summed E-state index contributed by atoms with van der Waals surface area (Å²) >= 11 is 3.33. The number of halogens is 1. The molecule has 0 rings (SSSR count). The highest BCUT2D eigenvalue weighted by molar-refractivity contribution is 9.10. The summed E-state index contributed by atoms with van der Waals surface area (Å²) in [6, 6.07) is 0. The fourth-order valence-corrected chi connectivity index (χ4v) is 1.40. The maximum atomic E-state index is 11.5. The largest absolute Gasteiger partial charge is 0.350 e. The van der Waals surface area contributed by atoms with Crippen LogP contribution in [0.5, 0.6) is 0 Å². The molecule has 2 nitrogen and oxygen atoms in total. The number of nitrogens with one attached hydrogen (secondary N) is 1. The second-order valence-electron chi connectivity index (χ2n) is 4.00. The molecule has 13 heavy (non-hydrogen) atoms. The van der Waals surface area contributed by atoms with Crippen LogP contribution in [-0.2, 0) is 4.79 Å². The molecule has 0 aliphatic heterocycles. The molecule has 3 heteroatoms. The van der Waals surface area contributed by atoms with Crippen LogP contribution in [0.3, 0.4) is 0 Å². The maximum absolute atomic E-state index is 11.5. The highest BCUT2D eigenvalue weighted by atomic mass is 79.9. The first-order chi connectivity index (χ1) is 5.93. The number of carbonyl (C=O) groups excluding carboxylic acids is 1. The van der Waals surface area contributed by atoms with E-state index in [4.69, 9.17) is 0 Å². The number of alkyl halides is 1. The van der Waals surface area contributed by atoms with Gasteiger partial charge in [-0.05, 0) is 26.7 Å². The molecule has 0 aromatic carbocycles. The van der Waals surface area contributed by atoms with Crippen molar-refractivity contribution in [2.24, 2.45) is 0 Å². The molecule has 0 saturated heterocycles. The molecule has 0 aromatic heterocycles. The van der Waals surface area contributed by atoms with Crippen molar-refractivity contribution in [2.75, 3.05) is 0 Å². The highest BCUT2D eigenvalue weighted by Crippen LogP contribution is 2.13. The second kappa shape index (κ2) is 5.63. The van der Waals surface area contributed by atoms with Gasteiger partial charge in [0.15, 0.2) is 0 Å². The Labute approximate surface area is 89.6 Å². The van der Waals surface area contributed by atoms with Gasteiger partial charge in [-0.1, -0.05) is 36.2 Å². The van der Waals surface area contributed by atoms with Gasteiger partial charge in [-0.15, -0.1) is 0 Å². The van der Waals surface area contributed by atoms with Crippen LogP contribution in [-0.4, -0.2) is 16.3 Å². The van der Waals surface area contributed by atoms with Crippen LogP contribution in [0.15, 0.2) is 0 Å². The van der Waals surface area contributed by atoms with Crippen molar-refractivity contribution in [3.05, 3.63) is 0 Å². The summed E-state index contributed by atoms with van der Waals surface area (Å²) < 4.78 is 0. The van der Waals surface area contributed by atoms with E-state index in [-0.39, 0.29) is 16.3 Å². The Kier molecular flexibility index (Phi) is 5.61. The van der Waals surface area contributed by atoms with Crippen molar-refractivity contribution < 1.29 is 4.79 Å². The molecule has 0 fully saturated rings. The zero-order valence-electron chi connectivity index (χ0n) is 8.98. The Bertz CT molecular complexity index is 168. The van der Waals surface area contributed by atoms with Crippen molar-refractivity contribution >= 4 is 21.8 Å². The fraction of sp³-hybridized carbons (Fsp3) is 0.900. The van der Waals surface area contributed by atoms with E-state index in [0.717, 1.165) is 19.3 Å². The third-order valence-corrected chi connectivity index (χ3v) is 3.04. The van der Waals surface area contributed by atoms with Crippen LogP contribution in [0.2, 0.25) is 0 Å². The van der Waals surface area contributed by atoms with Crippen molar-refractivity contribution in [2.45, 2.75) is 57.3 Å². The molecular weight excluding hydrogens is 230 g/mol. The minimum absolute atomic E-state index is 0.0522. The van der Waals surface area contributed by atoms with Gasteiger partial charge in [0, 0.05) is 5.54 Å². The minimum Gasteiger partial charge on any atom is -0.350 e. The van der Waals surface area contributed by atoms with E-state index in [2.05, 4.69) is 42.0 Å². The molecule has 1 N–H and O–H groups in total. The summed E-state index contributed by atoms with van der Waals surface area (Å²) in [4.78, 5) is 11.5. The van der Waals surface area contributed by atoms with Gasteiger partial charge in [-0.2, -0.15) is 0 Å². The molecule has 0 aliphatic rings. The van der Waals surface area contributed by atoms with Crippen LogP contribution < -0.4 is 5.32 Å². The molecule has 0 radical (unpaired) electrons. The van der Waals surface area contributed by atoms with Crippen molar-refractivity contribution in [1.82, 2.24) is 5.32 Å². The van der Waals surface area contributed by atoms with Crippen LogP contribution >= 0.6 is 15.9 Å². The SMILES string of the molecule is CCCC(C)(C)NC(=O)C(Br)CC. The lowest BCUT2D eigenvalue weighted by Crippen LogP contribution is -2.46. The van der Waals surface area contributed by atoms with Crippen LogP contribution in [0.25, 0.3) is 0 Å². The van der Waals surface area contributed by atoms with Crippen LogP contribution in [0, 0.1) is 0 Å². The lowest BCUT2D eigenvalue weighted by molar-refractivity contribution is -0.122. The zero-order valence-corrected chi connectivity index (χ0v) is 10.6. The number of hydrogen-bond acceptors (Lipinski definition) is 1. The first kappa shape index (κ1) is 12.9. The Morgan fingerprint density at radius 1 is 1.46 bits per heavy atom. The molecule has 0 aliphatic carbocycles. The lowest BCUT2D eigenvalue weighted by atomic mass is 9.99. The summed E-state index contributed by atoms with van der Waals surface area (Å²) in [6.07, 6.45) is 2.93. The smallest absolute Gasteiger partial charge is 0.234 e. The monoisotopic (exact) mass is 249 g/mol. The summed E-state index contributed by atoms with van der Waals surface area (Å²) in [6.45, 7) is 8.23. The topological polar surface area (TPSA) is 29.1 Å². The summed E-state index contributed by atoms with van der Waals surface area (Å²) in [7, 11) is 0.